The van der Waals surface area contributed by atoms with Gasteiger partial charge in [0.2, 0.25) is 0 Å². The number of carbonyl (C=O) groups is 2. The fraction of sp³-hybridized carbons (Fsp3) is 0.867. The number of carboxylic acids is 1. The third-order valence-electron chi connectivity index (χ3n) is 4.15. The Bertz CT molecular complexity index is 353. The lowest BCUT2D eigenvalue weighted by Crippen LogP contribution is -2.56. The lowest BCUT2D eigenvalue weighted by molar-refractivity contribution is -0.138. The van der Waals surface area contributed by atoms with Gasteiger partial charge in [0.05, 0.1) is 6.42 Å². The molecule has 3 atom stereocenters. The van der Waals surface area contributed by atoms with Crippen LogP contribution in [0, 0.1) is 5.41 Å². The molecule has 0 aliphatic carbocycles. The minimum Gasteiger partial charge on any atom is -0.481 e. The number of hydrogen-bond acceptors (Lipinski definition) is 2. The summed E-state index contributed by atoms with van der Waals surface area (Å²) in [4.78, 5) is 25.3. The maximum atomic E-state index is 12.5. The fourth-order valence-electron chi connectivity index (χ4n) is 2.79. The Balaban J connectivity index is 2.76. The van der Waals surface area contributed by atoms with E-state index in [0.29, 0.717) is 0 Å². The van der Waals surface area contributed by atoms with Gasteiger partial charge in [0.1, 0.15) is 0 Å². The highest BCUT2D eigenvalue weighted by molar-refractivity contribution is 5.76. The average Bonchev–Trinajstić information content (AvgIpc) is 2.25. The number of likely N-dealkylation sites (tertiary alicyclic amines) is 1. The topological polar surface area (TPSA) is 69.6 Å². The molecule has 0 spiro atoms. The third kappa shape index (κ3) is 4.39. The van der Waals surface area contributed by atoms with Crippen molar-refractivity contribution in [2.75, 3.05) is 0 Å². The zero-order valence-electron chi connectivity index (χ0n) is 13.3. The number of carboxylic acid groups (broad SMARTS) is 1. The van der Waals surface area contributed by atoms with Gasteiger partial charge in [-0.1, -0.05) is 20.8 Å². The van der Waals surface area contributed by atoms with Gasteiger partial charge in [-0.3, -0.25) is 4.79 Å². The first-order valence-corrected chi connectivity index (χ1v) is 7.43. The molecule has 1 rings (SSSR count). The first kappa shape index (κ1) is 16.8. The average molecular weight is 284 g/mol. The van der Waals surface area contributed by atoms with Gasteiger partial charge in [0, 0.05) is 18.1 Å². The van der Waals surface area contributed by atoms with E-state index in [2.05, 4.69) is 19.2 Å². The Labute approximate surface area is 121 Å². The van der Waals surface area contributed by atoms with E-state index >= 15 is 0 Å². The van der Waals surface area contributed by atoms with Crippen LogP contribution in [0.15, 0.2) is 0 Å². The van der Waals surface area contributed by atoms with E-state index in [9.17, 15) is 9.59 Å². The van der Waals surface area contributed by atoms with E-state index in [-0.39, 0.29) is 36.0 Å². The summed E-state index contributed by atoms with van der Waals surface area (Å²) in [6, 6.07) is -0.0758. The molecule has 1 aliphatic rings. The molecule has 2 N–H and O–H groups in total. The molecule has 1 aliphatic heterocycles. The summed E-state index contributed by atoms with van der Waals surface area (Å²) in [5.41, 5.74) is -0.281. The summed E-state index contributed by atoms with van der Waals surface area (Å²) in [6.07, 6.45) is 3.11. The highest BCUT2D eigenvalue weighted by Gasteiger charge is 2.34. The smallest absolute Gasteiger partial charge is 0.318 e. The van der Waals surface area contributed by atoms with Crippen molar-refractivity contribution in [3.05, 3.63) is 0 Å². The molecule has 5 heteroatoms. The Hall–Kier alpha value is -1.26. The van der Waals surface area contributed by atoms with Gasteiger partial charge < -0.3 is 15.3 Å². The Morgan fingerprint density at radius 1 is 1.25 bits per heavy atom. The molecule has 1 saturated heterocycles. The molecule has 1 heterocycles. The largest absolute Gasteiger partial charge is 0.481 e. The minimum atomic E-state index is -0.884. The van der Waals surface area contributed by atoms with Crippen LogP contribution in [-0.2, 0) is 4.79 Å². The molecular weight excluding hydrogens is 256 g/mol. The summed E-state index contributed by atoms with van der Waals surface area (Å²) >= 11 is 0. The number of nitrogens with one attached hydrogen (secondary N) is 1. The summed E-state index contributed by atoms with van der Waals surface area (Å²) in [5.74, 6) is -0.884. The van der Waals surface area contributed by atoms with Crippen LogP contribution < -0.4 is 5.32 Å². The summed E-state index contributed by atoms with van der Waals surface area (Å²) < 4.78 is 0. The third-order valence-corrected chi connectivity index (χ3v) is 4.15. The van der Waals surface area contributed by atoms with Gasteiger partial charge in [-0.15, -0.1) is 0 Å². The number of urea groups is 1. The van der Waals surface area contributed by atoms with E-state index in [4.69, 9.17) is 5.11 Å². The minimum absolute atomic E-state index is 0.0498. The van der Waals surface area contributed by atoms with Crippen molar-refractivity contribution in [1.82, 2.24) is 10.2 Å². The predicted molar refractivity (Wildman–Crippen MR) is 78.6 cm³/mol. The SMILES string of the molecule is C[C@@H]1CCC[C@H](C)N1C(=O)NC(CC(=O)O)C(C)(C)C. The maximum absolute atomic E-state index is 12.5. The Morgan fingerprint density at radius 3 is 2.15 bits per heavy atom. The second-order valence-corrected chi connectivity index (χ2v) is 7.00. The predicted octanol–water partition coefficient (Wildman–Crippen LogP) is 2.85. The van der Waals surface area contributed by atoms with Crippen molar-refractivity contribution < 1.29 is 14.7 Å². The van der Waals surface area contributed by atoms with Crippen LogP contribution in [0.1, 0.15) is 60.3 Å². The van der Waals surface area contributed by atoms with E-state index in [1.807, 2.05) is 25.7 Å². The van der Waals surface area contributed by atoms with Gasteiger partial charge in [-0.25, -0.2) is 4.79 Å². The molecular formula is C15H28N2O3. The highest BCUT2D eigenvalue weighted by Crippen LogP contribution is 2.25. The molecule has 1 fully saturated rings. The Kier molecular flexibility index (Phi) is 5.42. The van der Waals surface area contributed by atoms with Crippen molar-refractivity contribution in [3.63, 3.8) is 0 Å². The van der Waals surface area contributed by atoms with Crippen molar-refractivity contribution in [2.24, 2.45) is 5.41 Å². The van der Waals surface area contributed by atoms with Gasteiger partial charge in [0.25, 0.3) is 0 Å². The first-order valence-electron chi connectivity index (χ1n) is 7.43. The molecule has 0 aromatic carbocycles. The standard InChI is InChI=1S/C15H28N2O3/c1-10-7-6-8-11(2)17(10)14(20)16-12(9-13(18)19)15(3,4)5/h10-12H,6-9H2,1-5H3,(H,16,20)(H,18,19)/t10-,11+,12?. The lowest BCUT2D eigenvalue weighted by atomic mass is 9.85. The molecule has 1 unspecified atom stereocenters. The van der Waals surface area contributed by atoms with Crippen LogP contribution in [-0.4, -0.2) is 40.1 Å². The molecule has 2 amide bonds. The molecule has 0 saturated carbocycles. The molecule has 0 aromatic heterocycles. The molecule has 0 bridgehead atoms. The Morgan fingerprint density at radius 2 is 1.75 bits per heavy atom. The zero-order valence-corrected chi connectivity index (χ0v) is 13.3. The van der Waals surface area contributed by atoms with Crippen molar-refractivity contribution >= 4 is 12.0 Å². The van der Waals surface area contributed by atoms with Crippen molar-refractivity contribution in [2.45, 2.75) is 78.4 Å². The van der Waals surface area contributed by atoms with Gasteiger partial charge >= 0.3 is 12.0 Å². The number of carbonyl (C=O) groups excluding carboxylic acids is 1. The first-order chi connectivity index (χ1) is 9.12. The normalized spacial score (nSPS) is 25.1. The van der Waals surface area contributed by atoms with Crippen LogP contribution >= 0.6 is 0 Å². The van der Waals surface area contributed by atoms with Crippen molar-refractivity contribution in [3.8, 4) is 0 Å². The zero-order chi connectivity index (χ0) is 15.5. The second-order valence-electron chi connectivity index (χ2n) is 7.00. The van der Waals surface area contributed by atoms with Crippen LogP contribution in [0.4, 0.5) is 4.79 Å². The highest BCUT2D eigenvalue weighted by atomic mass is 16.4. The van der Waals surface area contributed by atoms with Crippen LogP contribution in [0.5, 0.6) is 0 Å². The van der Waals surface area contributed by atoms with Gasteiger partial charge in [-0.05, 0) is 38.5 Å². The van der Waals surface area contributed by atoms with Crippen LogP contribution in [0.3, 0.4) is 0 Å². The number of hydrogen-bond donors (Lipinski definition) is 2. The number of rotatable bonds is 3. The monoisotopic (exact) mass is 284 g/mol. The second kappa shape index (κ2) is 6.46. The van der Waals surface area contributed by atoms with Crippen LogP contribution in [0.25, 0.3) is 0 Å². The van der Waals surface area contributed by atoms with E-state index < -0.39 is 5.97 Å². The number of aliphatic carboxylic acids is 1. The van der Waals surface area contributed by atoms with Gasteiger partial charge in [-0.2, -0.15) is 0 Å². The maximum Gasteiger partial charge on any atom is 0.318 e. The summed E-state index contributed by atoms with van der Waals surface area (Å²) in [6.45, 7) is 9.95. The van der Waals surface area contributed by atoms with Gasteiger partial charge in [0.15, 0.2) is 0 Å². The molecule has 0 radical (unpaired) electrons. The molecule has 0 aromatic rings. The fourth-order valence-corrected chi connectivity index (χ4v) is 2.79. The summed E-state index contributed by atoms with van der Waals surface area (Å²) in [7, 11) is 0. The van der Waals surface area contributed by atoms with Crippen LogP contribution in [0.2, 0.25) is 0 Å². The molecule has 20 heavy (non-hydrogen) atoms. The quantitative estimate of drug-likeness (QED) is 0.837. The van der Waals surface area contributed by atoms with Crippen molar-refractivity contribution in [1.29, 1.82) is 0 Å². The number of piperidine rings is 1. The summed E-state index contributed by atoms with van der Waals surface area (Å²) in [5, 5.41) is 11.9. The molecule has 5 nitrogen and oxygen atoms in total. The van der Waals surface area contributed by atoms with E-state index in [1.54, 1.807) is 0 Å². The molecule has 116 valence electrons. The number of amides is 2. The van der Waals surface area contributed by atoms with E-state index in [0.717, 1.165) is 19.3 Å². The number of nitrogens with zero attached hydrogens (tertiary/aromatic N) is 1. The lowest BCUT2D eigenvalue weighted by Gasteiger charge is -2.41. The van der Waals surface area contributed by atoms with E-state index in [1.165, 1.54) is 0 Å².